The van der Waals surface area contributed by atoms with Crippen LogP contribution in [0.15, 0.2) is 29.8 Å². The summed E-state index contributed by atoms with van der Waals surface area (Å²) in [6, 6.07) is 7.61. The third-order valence-electron chi connectivity index (χ3n) is 2.98. The molecule has 0 saturated carbocycles. The number of Topliss-reactive ketones (excluding diaryl/α,β-unsaturated/α-hetero) is 1. The second-order valence-corrected chi connectivity index (χ2v) is 6.45. The molecule has 0 aliphatic heterocycles. The molecule has 100 valence electrons. The maximum absolute atomic E-state index is 12.2. The van der Waals surface area contributed by atoms with Crippen LogP contribution in [0.25, 0.3) is 0 Å². The number of benzene rings is 1. The Balaban J connectivity index is 2.12. The average molecular weight is 388 g/mol. The molecule has 1 N–H and O–H groups in total. The van der Waals surface area contributed by atoms with Crippen molar-refractivity contribution in [2.45, 2.75) is 19.9 Å². The largest absolute Gasteiger partial charge is 0.396 e. The quantitative estimate of drug-likeness (QED) is 0.486. The zero-order valence-corrected chi connectivity index (χ0v) is 13.6. The van der Waals surface area contributed by atoms with Gasteiger partial charge in [-0.15, -0.1) is 0 Å². The Morgan fingerprint density at radius 3 is 2.68 bits per heavy atom. The summed E-state index contributed by atoms with van der Waals surface area (Å²) in [7, 11) is 0. The number of ketones is 1. The maximum Gasteiger partial charge on any atom is 0.227 e. The lowest BCUT2D eigenvalue weighted by Gasteiger charge is -1.98. The van der Waals surface area contributed by atoms with Crippen LogP contribution in [0.4, 0.5) is 0 Å². The molecule has 0 amide bonds. The summed E-state index contributed by atoms with van der Waals surface area (Å²) < 4.78 is 3.08. The molecule has 1 aromatic carbocycles. The van der Waals surface area contributed by atoms with E-state index in [-0.39, 0.29) is 12.4 Å². The number of thiazole rings is 1. The third kappa shape index (κ3) is 3.61. The van der Waals surface area contributed by atoms with Gasteiger partial charge in [-0.3, -0.25) is 4.79 Å². The van der Waals surface area contributed by atoms with Crippen LogP contribution in [-0.4, -0.2) is 17.5 Å². The highest BCUT2D eigenvalue weighted by Crippen LogP contribution is 2.12. The van der Waals surface area contributed by atoms with Crippen LogP contribution in [0.1, 0.15) is 20.9 Å². The monoisotopic (exact) mass is 388 g/mol. The van der Waals surface area contributed by atoms with Crippen molar-refractivity contribution in [3.05, 3.63) is 49.5 Å². The normalized spacial score (nSPS) is 10.7. The first kappa shape index (κ1) is 14.6. The first-order valence-electron chi connectivity index (χ1n) is 5.98. The summed E-state index contributed by atoms with van der Waals surface area (Å²) in [5.41, 5.74) is 3.76. The number of aliphatic hydroxyl groups is 1. The highest BCUT2D eigenvalue weighted by Gasteiger charge is 2.19. The Hall–Kier alpha value is -0.790. The number of hydrogen-bond donors (Lipinski definition) is 1. The zero-order valence-electron chi connectivity index (χ0n) is 10.6. The SMILES string of the molecule is Cc1c(CCO)sc[n+]1CC(=O)c1ccc(I)cc1. The van der Waals surface area contributed by atoms with Crippen molar-refractivity contribution in [1.82, 2.24) is 0 Å². The van der Waals surface area contributed by atoms with E-state index in [1.165, 1.54) is 0 Å². The van der Waals surface area contributed by atoms with Gasteiger partial charge in [0.25, 0.3) is 0 Å². The fraction of sp³-hybridized carbons (Fsp3) is 0.286. The molecule has 0 aliphatic carbocycles. The molecule has 2 rings (SSSR count). The fourth-order valence-electron chi connectivity index (χ4n) is 1.83. The van der Waals surface area contributed by atoms with E-state index in [4.69, 9.17) is 5.11 Å². The van der Waals surface area contributed by atoms with Crippen LogP contribution < -0.4 is 4.57 Å². The first-order chi connectivity index (χ1) is 9.11. The molecular weight excluding hydrogens is 373 g/mol. The van der Waals surface area contributed by atoms with Crippen molar-refractivity contribution in [2.24, 2.45) is 0 Å². The second kappa shape index (κ2) is 6.58. The Bertz CT molecular complexity index is 578. The molecule has 2 aromatic rings. The lowest BCUT2D eigenvalue weighted by atomic mass is 10.1. The van der Waals surface area contributed by atoms with Gasteiger partial charge in [-0.25, -0.2) is 0 Å². The minimum Gasteiger partial charge on any atom is -0.396 e. The van der Waals surface area contributed by atoms with Crippen molar-refractivity contribution < 1.29 is 14.5 Å². The Kier molecular flexibility index (Phi) is 5.06. The summed E-state index contributed by atoms with van der Waals surface area (Å²) >= 11 is 3.81. The summed E-state index contributed by atoms with van der Waals surface area (Å²) in [6.07, 6.45) is 0.654. The van der Waals surface area contributed by atoms with E-state index in [0.717, 1.165) is 19.7 Å². The van der Waals surface area contributed by atoms with Crippen molar-refractivity contribution >= 4 is 39.7 Å². The molecule has 0 unspecified atom stereocenters. The van der Waals surface area contributed by atoms with Gasteiger partial charge < -0.3 is 5.11 Å². The number of nitrogens with zero attached hydrogens (tertiary/aromatic N) is 1. The fourth-order valence-corrected chi connectivity index (χ4v) is 3.17. The molecule has 0 radical (unpaired) electrons. The molecule has 0 fully saturated rings. The molecule has 0 saturated heterocycles. The van der Waals surface area contributed by atoms with E-state index >= 15 is 0 Å². The molecule has 5 heteroatoms. The van der Waals surface area contributed by atoms with Gasteiger partial charge in [-0.2, -0.15) is 4.57 Å². The highest BCUT2D eigenvalue weighted by molar-refractivity contribution is 14.1. The minimum absolute atomic E-state index is 0.109. The smallest absolute Gasteiger partial charge is 0.227 e. The predicted octanol–water partition coefficient (Wildman–Crippen LogP) is 2.37. The van der Waals surface area contributed by atoms with Crippen molar-refractivity contribution in [1.29, 1.82) is 0 Å². The van der Waals surface area contributed by atoms with Gasteiger partial charge in [0.05, 0.1) is 4.88 Å². The van der Waals surface area contributed by atoms with Gasteiger partial charge in [-0.05, 0) is 34.7 Å². The summed E-state index contributed by atoms with van der Waals surface area (Å²) in [6.45, 7) is 2.49. The van der Waals surface area contributed by atoms with Crippen LogP contribution in [0.3, 0.4) is 0 Å². The third-order valence-corrected chi connectivity index (χ3v) is 4.84. The van der Waals surface area contributed by atoms with E-state index in [0.29, 0.717) is 13.0 Å². The molecule has 0 aliphatic rings. The van der Waals surface area contributed by atoms with Gasteiger partial charge in [-0.1, -0.05) is 23.5 Å². The van der Waals surface area contributed by atoms with Crippen molar-refractivity contribution in [3.63, 3.8) is 0 Å². The van der Waals surface area contributed by atoms with Gasteiger partial charge >= 0.3 is 0 Å². The van der Waals surface area contributed by atoms with Gasteiger partial charge in [0, 0.05) is 29.1 Å². The molecule has 0 bridgehead atoms. The Morgan fingerprint density at radius 1 is 1.37 bits per heavy atom. The Labute approximate surface area is 130 Å². The van der Waals surface area contributed by atoms with Crippen LogP contribution >= 0.6 is 33.9 Å². The molecule has 19 heavy (non-hydrogen) atoms. The molecule has 0 spiro atoms. The van der Waals surface area contributed by atoms with E-state index in [1.54, 1.807) is 11.3 Å². The number of halogens is 1. The van der Waals surface area contributed by atoms with Gasteiger partial charge in [0.15, 0.2) is 5.69 Å². The summed E-state index contributed by atoms with van der Waals surface area (Å²) in [5, 5.41) is 8.97. The van der Waals surface area contributed by atoms with E-state index in [9.17, 15) is 4.79 Å². The molecule has 1 aromatic heterocycles. The van der Waals surface area contributed by atoms with E-state index < -0.39 is 0 Å². The lowest BCUT2D eigenvalue weighted by molar-refractivity contribution is -0.684. The Morgan fingerprint density at radius 2 is 2.05 bits per heavy atom. The average Bonchev–Trinajstić information content (AvgIpc) is 2.73. The van der Waals surface area contributed by atoms with Crippen LogP contribution in [0, 0.1) is 10.5 Å². The number of aliphatic hydroxyl groups excluding tert-OH is 1. The number of aromatic nitrogens is 1. The topological polar surface area (TPSA) is 41.2 Å². The minimum atomic E-state index is 0.109. The van der Waals surface area contributed by atoms with E-state index in [1.807, 2.05) is 41.3 Å². The van der Waals surface area contributed by atoms with Crippen LogP contribution in [0.2, 0.25) is 0 Å². The van der Waals surface area contributed by atoms with Crippen molar-refractivity contribution in [2.75, 3.05) is 6.61 Å². The second-order valence-electron chi connectivity index (χ2n) is 4.26. The van der Waals surface area contributed by atoms with Crippen LogP contribution in [0.5, 0.6) is 0 Å². The molecule has 0 atom stereocenters. The lowest BCUT2D eigenvalue weighted by Crippen LogP contribution is -2.38. The first-order valence-corrected chi connectivity index (χ1v) is 7.93. The number of carbonyl (C=O) groups is 1. The van der Waals surface area contributed by atoms with Crippen molar-refractivity contribution in [3.8, 4) is 0 Å². The number of carbonyl (C=O) groups excluding carboxylic acids is 1. The molecule has 3 nitrogen and oxygen atoms in total. The van der Waals surface area contributed by atoms with Gasteiger partial charge in [0.1, 0.15) is 0 Å². The maximum atomic E-state index is 12.2. The predicted molar refractivity (Wildman–Crippen MR) is 83.5 cm³/mol. The number of hydrogen-bond acceptors (Lipinski definition) is 3. The highest BCUT2D eigenvalue weighted by atomic mass is 127. The zero-order chi connectivity index (χ0) is 13.8. The van der Waals surface area contributed by atoms with E-state index in [2.05, 4.69) is 22.6 Å². The van der Waals surface area contributed by atoms with Gasteiger partial charge in [0.2, 0.25) is 17.8 Å². The molecule has 1 heterocycles. The number of rotatable bonds is 5. The summed E-state index contributed by atoms with van der Waals surface area (Å²) in [4.78, 5) is 13.3. The summed E-state index contributed by atoms with van der Waals surface area (Å²) in [5.74, 6) is 0.109. The standard InChI is InChI=1S/C14H15INO2S/c1-10-14(6-7-17)19-9-16(10)8-13(18)11-2-4-12(15)5-3-11/h2-5,9,17H,6-8H2,1H3/q+1. The van der Waals surface area contributed by atoms with Crippen LogP contribution in [-0.2, 0) is 13.0 Å². The molecular formula is C14H15INO2S+.